The van der Waals surface area contributed by atoms with Crippen molar-refractivity contribution >= 4 is 29.6 Å². The van der Waals surface area contributed by atoms with Gasteiger partial charge in [0.2, 0.25) is 7.42 Å². The lowest BCUT2D eigenvalue weighted by Crippen LogP contribution is -1.91. The van der Waals surface area contributed by atoms with E-state index in [0.717, 1.165) is 12.5 Å². The Morgan fingerprint density at radius 3 is 0.710 bits per heavy atom. The lowest BCUT2D eigenvalue weighted by molar-refractivity contribution is 0.282. The lowest BCUT2D eigenvalue weighted by atomic mass is 10.0. The molecule has 0 fully saturated rings. The van der Waals surface area contributed by atoms with Gasteiger partial charge in [0, 0.05) is 6.61 Å². The molecule has 4 heteroatoms. The standard InChI is InChI=1S/C27H56Cl2OSi/c28-31(29)27-25-23-21-19-17-15-13-11-9-7-5-3-1-2-4-6-8-10-12-14-16-18-20-22-24-26-30/h30-31H,1-27H2. The van der Waals surface area contributed by atoms with Crippen molar-refractivity contribution < 1.29 is 5.11 Å². The van der Waals surface area contributed by atoms with E-state index in [4.69, 9.17) is 27.3 Å². The molecular formula is C27H56Cl2OSi. The van der Waals surface area contributed by atoms with Crippen LogP contribution in [-0.4, -0.2) is 19.1 Å². The monoisotopic (exact) mass is 494 g/mol. The molecule has 0 rings (SSSR count). The Hall–Kier alpha value is 0.757. The van der Waals surface area contributed by atoms with E-state index in [9.17, 15) is 0 Å². The Morgan fingerprint density at radius 1 is 0.323 bits per heavy atom. The van der Waals surface area contributed by atoms with Gasteiger partial charge in [-0.05, 0) is 12.5 Å². The van der Waals surface area contributed by atoms with Crippen molar-refractivity contribution in [3.63, 3.8) is 0 Å². The molecule has 0 radical (unpaired) electrons. The van der Waals surface area contributed by atoms with Crippen molar-refractivity contribution in [3.05, 3.63) is 0 Å². The van der Waals surface area contributed by atoms with E-state index < -0.39 is 7.42 Å². The third-order valence-electron chi connectivity index (χ3n) is 6.58. The van der Waals surface area contributed by atoms with Gasteiger partial charge in [0.1, 0.15) is 0 Å². The van der Waals surface area contributed by atoms with E-state index in [1.807, 2.05) is 0 Å². The van der Waals surface area contributed by atoms with Gasteiger partial charge >= 0.3 is 0 Å². The highest BCUT2D eigenvalue weighted by Crippen LogP contribution is 2.16. The van der Waals surface area contributed by atoms with Gasteiger partial charge in [-0.15, -0.1) is 0 Å². The first-order chi connectivity index (χ1) is 15.3. The molecule has 0 unspecified atom stereocenters. The minimum absolute atomic E-state index is 0.370. The van der Waals surface area contributed by atoms with Crippen molar-refractivity contribution in [1.29, 1.82) is 0 Å². The highest BCUT2D eigenvalue weighted by atomic mass is 35.7. The van der Waals surface area contributed by atoms with E-state index in [0.29, 0.717) is 6.61 Å². The average molecular weight is 496 g/mol. The van der Waals surface area contributed by atoms with Gasteiger partial charge in [-0.2, -0.15) is 22.2 Å². The fraction of sp³-hybridized carbons (Fsp3) is 1.00. The molecule has 0 aromatic heterocycles. The van der Waals surface area contributed by atoms with Crippen LogP contribution in [0.1, 0.15) is 161 Å². The molecule has 0 saturated heterocycles. The summed E-state index contributed by atoms with van der Waals surface area (Å²) in [4.78, 5) is 0. The van der Waals surface area contributed by atoms with Crippen LogP contribution in [0.2, 0.25) is 6.04 Å². The lowest BCUT2D eigenvalue weighted by Gasteiger charge is -2.04. The Balaban J connectivity index is 2.99. The summed E-state index contributed by atoms with van der Waals surface area (Å²) in [6.45, 7) is 0.370. The van der Waals surface area contributed by atoms with Crippen molar-refractivity contribution in [2.24, 2.45) is 0 Å². The van der Waals surface area contributed by atoms with E-state index in [-0.39, 0.29) is 0 Å². The maximum absolute atomic E-state index is 8.75. The minimum atomic E-state index is -1.34. The first-order valence-corrected chi connectivity index (χ1v) is 18.5. The molecule has 1 nitrogen and oxygen atoms in total. The number of hydrogen-bond donors (Lipinski definition) is 1. The second-order valence-electron chi connectivity index (χ2n) is 9.74. The minimum Gasteiger partial charge on any atom is -0.396 e. The molecule has 0 aliphatic rings. The first-order valence-electron chi connectivity index (χ1n) is 14.2. The smallest absolute Gasteiger partial charge is 0.237 e. The zero-order chi connectivity index (χ0) is 22.7. The van der Waals surface area contributed by atoms with Crippen LogP contribution >= 0.6 is 22.2 Å². The second-order valence-corrected chi connectivity index (χ2v) is 14.9. The van der Waals surface area contributed by atoms with Crippen LogP contribution in [-0.2, 0) is 0 Å². The second kappa shape index (κ2) is 28.8. The van der Waals surface area contributed by atoms with Gasteiger partial charge in [-0.25, -0.2) is 0 Å². The molecule has 0 aliphatic heterocycles. The summed E-state index contributed by atoms with van der Waals surface area (Å²) in [6.07, 6.45) is 34.8. The molecule has 188 valence electrons. The first kappa shape index (κ1) is 31.8. The fourth-order valence-corrected chi connectivity index (χ4v) is 6.00. The molecule has 0 bridgehead atoms. The van der Waals surface area contributed by atoms with Crippen LogP contribution in [0.5, 0.6) is 0 Å². The molecule has 0 spiro atoms. The van der Waals surface area contributed by atoms with Crippen LogP contribution in [0.3, 0.4) is 0 Å². The summed E-state index contributed by atoms with van der Waals surface area (Å²) in [6, 6.07) is 1.09. The Kier molecular flexibility index (Phi) is 29.5. The predicted molar refractivity (Wildman–Crippen MR) is 146 cm³/mol. The third kappa shape index (κ3) is 30.8. The van der Waals surface area contributed by atoms with Gasteiger partial charge < -0.3 is 5.11 Å². The molecule has 0 atom stereocenters. The summed E-state index contributed by atoms with van der Waals surface area (Å²) in [5, 5.41) is 8.75. The zero-order valence-corrected chi connectivity index (χ0v) is 23.5. The highest BCUT2D eigenvalue weighted by molar-refractivity contribution is 7.33. The number of aliphatic hydroxyl groups is 1. The molecule has 0 aliphatic carbocycles. The van der Waals surface area contributed by atoms with E-state index >= 15 is 0 Å². The van der Waals surface area contributed by atoms with Crippen LogP contribution < -0.4 is 0 Å². The highest BCUT2D eigenvalue weighted by Gasteiger charge is 2.00. The topological polar surface area (TPSA) is 20.2 Å². The van der Waals surface area contributed by atoms with Crippen molar-refractivity contribution in [2.45, 2.75) is 167 Å². The summed E-state index contributed by atoms with van der Waals surface area (Å²) in [5.74, 6) is 0. The number of hydrogen-bond acceptors (Lipinski definition) is 1. The van der Waals surface area contributed by atoms with E-state index in [1.54, 1.807) is 0 Å². The molecule has 1 N–H and O–H groups in total. The van der Waals surface area contributed by atoms with Gasteiger partial charge in [-0.3, -0.25) is 0 Å². The number of unbranched alkanes of at least 4 members (excludes halogenated alkanes) is 24. The van der Waals surface area contributed by atoms with Crippen molar-refractivity contribution in [1.82, 2.24) is 0 Å². The maximum atomic E-state index is 8.75. The Bertz CT molecular complexity index is 316. The number of halogens is 2. The summed E-state index contributed by atoms with van der Waals surface area (Å²) in [5.41, 5.74) is 0. The SMILES string of the molecule is OCCCCCCCCCCCCCCCCCCCCCCCCCCC[SiH](Cl)Cl. The third-order valence-corrected chi connectivity index (χ3v) is 8.73. The predicted octanol–water partition coefficient (Wildman–Crippen LogP) is 10.4. The summed E-state index contributed by atoms with van der Waals surface area (Å²) < 4.78 is 0. The van der Waals surface area contributed by atoms with Gasteiger partial charge in [0.05, 0.1) is 0 Å². The maximum Gasteiger partial charge on any atom is 0.237 e. The van der Waals surface area contributed by atoms with Crippen molar-refractivity contribution in [3.8, 4) is 0 Å². The van der Waals surface area contributed by atoms with E-state index in [1.165, 1.54) is 154 Å². The largest absolute Gasteiger partial charge is 0.396 e. The molecule has 0 heterocycles. The van der Waals surface area contributed by atoms with Crippen LogP contribution in [0.15, 0.2) is 0 Å². The van der Waals surface area contributed by atoms with Crippen LogP contribution in [0, 0.1) is 0 Å². The zero-order valence-electron chi connectivity index (χ0n) is 20.9. The quantitative estimate of drug-likeness (QED) is 0.0682. The fourth-order valence-electron chi connectivity index (χ4n) is 4.48. The van der Waals surface area contributed by atoms with E-state index in [2.05, 4.69) is 0 Å². The van der Waals surface area contributed by atoms with Gasteiger partial charge in [0.25, 0.3) is 0 Å². The average Bonchev–Trinajstić information content (AvgIpc) is 2.76. The molecule has 0 aromatic carbocycles. The molecule has 31 heavy (non-hydrogen) atoms. The summed E-state index contributed by atoms with van der Waals surface area (Å²) >= 11 is 11.8. The Labute approximate surface area is 207 Å². The summed E-state index contributed by atoms with van der Waals surface area (Å²) in [7, 11) is -1.34. The Morgan fingerprint density at radius 2 is 0.516 bits per heavy atom. The van der Waals surface area contributed by atoms with Crippen molar-refractivity contribution in [2.75, 3.05) is 6.61 Å². The molecule has 0 aromatic rings. The molecular weight excluding hydrogens is 439 g/mol. The van der Waals surface area contributed by atoms with Crippen LogP contribution in [0.4, 0.5) is 0 Å². The number of rotatable bonds is 27. The molecule has 0 amide bonds. The number of aliphatic hydroxyl groups excluding tert-OH is 1. The van der Waals surface area contributed by atoms with Crippen LogP contribution in [0.25, 0.3) is 0 Å². The molecule has 0 saturated carbocycles. The van der Waals surface area contributed by atoms with Gasteiger partial charge in [-0.1, -0.05) is 154 Å². The van der Waals surface area contributed by atoms with Gasteiger partial charge in [0.15, 0.2) is 0 Å². The normalized spacial score (nSPS) is 11.6.